The third-order valence-corrected chi connectivity index (χ3v) is 4.79. The van der Waals surface area contributed by atoms with Crippen LogP contribution >= 0.6 is 15.9 Å². The van der Waals surface area contributed by atoms with Gasteiger partial charge in [-0.3, -0.25) is 9.48 Å². The predicted octanol–water partition coefficient (Wildman–Crippen LogP) is 2.56. The van der Waals surface area contributed by atoms with Crippen LogP contribution in [-0.4, -0.2) is 39.7 Å². The van der Waals surface area contributed by atoms with Gasteiger partial charge in [-0.2, -0.15) is 5.10 Å². The summed E-state index contributed by atoms with van der Waals surface area (Å²) in [5.41, 5.74) is 2.68. The number of carbonyl (C=O) groups excluding carboxylic acids is 2. The van der Waals surface area contributed by atoms with E-state index in [1.165, 1.54) is 0 Å². The van der Waals surface area contributed by atoms with Gasteiger partial charge in [-0.05, 0) is 35.0 Å². The third-order valence-electron chi connectivity index (χ3n) is 4.10. The molecule has 1 aromatic heterocycles. The molecule has 0 N–H and O–H groups in total. The van der Waals surface area contributed by atoms with Crippen LogP contribution in [0.5, 0.6) is 0 Å². The molecule has 0 spiro atoms. The van der Waals surface area contributed by atoms with Crippen molar-refractivity contribution in [3.63, 3.8) is 0 Å². The molecule has 0 saturated carbocycles. The van der Waals surface area contributed by atoms with E-state index in [0.717, 1.165) is 15.7 Å². The second kappa shape index (κ2) is 6.76. The van der Waals surface area contributed by atoms with Gasteiger partial charge >= 0.3 is 5.97 Å². The molecule has 0 bridgehead atoms. The van der Waals surface area contributed by atoms with E-state index in [9.17, 15) is 9.59 Å². The molecule has 1 aromatic carbocycles. The Hall–Kier alpha value is -2.15. The highest BCUT2D eigenvalue weighted by molar-refractivity contribution is 9.10. The summed E-state index contributed by atoms with van der Waals surface area (Å²) in [5.74, 6) is -0.503. The number of hydrogen-bond acceptors (Lipinski definition) is 4. The summed E-state index contributed by atoms with van der Waals surface area (Å²) in [7, 11) is 1.81. The molecule has 0 saturated heterocycles. The minimum absolute atomic E-state index is 0.0632. The number of halogens is 1. The molecular formula is C17H18BrN3O3. The molecule has 0 fully saturated rings. The van der Waals surface area contributed by atoms with Crippen LogP contribution in [0.2, 0.25) is 0 Å². The van der Waals surface area contributed by atoms with Gasteiger partial charge < -0.3 is 9.64 Å². The second-order valence-electron chi connectivity index (χ2n) is 5.57. The normalized spacial score (nSPS) is 13.5. The van der Waals surface area contributed by atoms with E-state index in [1.54, 1.807) is 22.6 Å². The van der Waals surface area contributed by atoms with Gasteiger partial charge in [0.2, 0.25) is 0 Å². The van der Waals surface area contributed by atoms with E-state index in [2.05, 4.69) is 21.0 Å². The van der Waals surface area contributed by atoms with Crippen LogP contribution in [0, 0.1) is 0 Å². The highest BCUT2D eigenvalue weighted by Gasteiger charge is 2.30. The van der Waals surface area contributed by atoms with Crippen molar-refractivity contribution in [2.75, 3.05) is 13.2 Å². The fourth-order valence-electron chi connectivity index (χ4n) is 2.93. The maximum absolute atomic E-state index is 12.8. The molecule has 3 rings (SSSR count). The maximum atomic E-state index is 12.8. The number of carbonyl (C=O) groups is 2. The number of aromatic nitrogens is 2. The van der Waals surface area contributed by atoms with Crippen molar-refractivity contribution in [1.82, 2.24) is 14.7 Å². The lowest BCUT2D eigenvalue weighted by Gasteiger charge is -2.28. The average Bonchev–Trinajstić information content (AvgIpc) is 2.91. The molecule has 126 valence electrons. The quantitative estimate of drug-likeness (QED) is 0.754. The van der Waals surface area contributed by atoms with Gasteiger partial charge in [0.15, 0.2) is 5.69 Å². The van der Waals surface area contributed by atoms with Crippen LogP contribution in [0.3, 0.4) is 0 Å². The zero-order valence-corrected chi connectivity index (χ0v) is 15.2. The fourth-order valence-corrected chi connectivity index (χ4v) is 3.39. The molecular weight excluding hydrogens is 374 g/mol. The first-order valence-corrected chi connectivity index (χ1v) is 8.58. The highest BCUT2D eigenvalue weighted by atomic mass is 79.9. The van der Waals surface area contributed by atoms with E-state index in [-0.39, 0.29) is 5.91 Å². The Balaban J connectivity index is 1.90. The molecule has 1 aliphatic heterocycles. The number of nitrogens with zero attached hydrogens (tertiary/aromatic N) is 3. The van der Waals surface area contributed by atoms with Gasteiger partial charge in [0, 0.05) is 35.7 Å². The Bertz CT molecular complexity index is 800. The fraction of sp³-hybridized carbons (Fsp3) is 0.353. The summed E-state index contributed by atoms with van der Waals surface area (Å²) in [6, 6.07) is 7.34. The average molecular weight is 392 g/mol. The lowest BCUT2D eigenvalue weighted by Crippen LogP contribution is -2.36. The number of aryl methyl sites for hydroxylation is 1. The number of ether oxygens (including phenoxy) is 1. The van der Waals surface area contributed by atoms with Gasteiger partial charge in [0.1, 0.15) is 0 Å². The number of fused-ring (bicyclic) bond motifs is 1. The molecule has 7 heteroatoms. The topological polar surface area (TPSA) is 64.4 Å². The van der Waals surface area contributed by atoms with Crippen LogP contribution < -0.4 is 0 Å². The second-order valence-corrected chi connectivity index (χ2v) is 6.43. The molecule has 2 aromatic rings. The smallest absolute Gasteiger partial charge is 0.359 e. The molecule has 2 heterocycles. The monoisotopic (exact) mass is 391 g/mol. The van der Waals surface area contributed by atoms with E-state index >= 15 is 0 Å². The molecule has 0 atom stereocenters. The van der Waals surface area contributed by atoms with E-state index < -0.39 is 5.97 Å². The first-order valence-electron chi connectivity index (χ1n) is 7.78. The maximum Gasteiger partial charge on any atom is 0.359 e. The van der Waals surface area contributed by atoms with Crippen molar-refractivity contribution in [2.24, 2.45) is 7.05 Å². The highest BCUT2D eigenvalue weighted by Crippen LogP contribution is 2.26. The Labute approximate surface area is 148 Å². The Morgan fingerprint density at radius 1 is 1.33 bits per heavy atom. The van der Waals surface area contributed by atoms with Gasteiger partial charge in [-0.1, -0.05) is 12.1 Å². The number of amides is 1. The SMILES string of the molecule is CCOC(=O)c1nn(C)c2c1CN(C(=O)c1ccccc1Br)CC2. The zero-order chi connectivity index (χ0) is 17.3. The summed E-state index contributed by atoms with van der Waals surface area (Å²) >= 11 is 3.42. The Morgan fingerprint density at radius 3 is 2.79 bits per heavy atom. The molecule has 24 heavy (non-hydrogen) atoms. The van der Waals surface area contributed by atoms with Gasteiger partial charge in [0.05, 0.1) is 18.7 Å². The standard InChI is InChI=1S/C17H18BrN3O3/c1-3-24-17(23)15-12-10-21(9-8-14(12)20(2)19-15)16(22)11-6-4-5-7-13(11)18/h4-7H,3,8-10H2,1-2H3. The minimum Gasteiger partial charge on any atom is -0.461 e. The lowest BCUT2D eigenvalue weighted by molar-refractivity contribution is 0.0513. The van der Waals surface area contributed by atoms with Crippen molar-refractivity contribution in [3.8, 4) is 0 Å². The van der Waals surface area contributed by atoms with E-state index in [4.69, 9.17) is 4.74 Å². The number of benzene rings is 1. The lowest BCUT2D eigenvalue weighted by atomic mass is 10.0. The largest absolute Gasteiger partial charge is 0.461 e. The van der Waals surface area contributed by atoms with Crippen LogP contribution in [0.1, 0.15) is 39.0 Å². The van der Waals surface area contributed by atoms with Crippen molar-refractivity contribution >= 4 is 27.8 Å². The first-order chi connectivity index (χ1) is 11.5. The number of hydrogen-bond donors (Lipinski definition) is 0. The van der Waals surface area contributed by atoms with Crippen molar-refractivity contribution < 1.29 is 14.3 Å². The van der Waals surface area contributed by atoms with Gasteiger partial charge in [-0.15, -0.1) is 0 Å². The van der Waals surface area contributed by atoms with Crippen LogP contribution in [-0.2, 0) is 24.8 Å². The molecule has 0 radical (unpaired) electrons. The Morgan fingerprint density at radius 2 is 2.08 bits per heavy atom. The molecule has 6 nitrogen and oxygen atoms in total. The summed E-state index contributed by atoms with van der Waals surface area (Å²) in [4.78, 5) is 26.7. The van der Waals surface area contributed by atoms with Gasteiger partial charge in [0.25, 0.3) is 5.91 Å². The van der Waals surface area contributed by atoms with Crippen LogP contribution in [0.25, 0.3) is 0 Å². The molecule has 0 aliphatic carbocycles. The van der Waals surface area contributed by atoms with E-state index in [1.807, 2.05) is 25.2 Å². The van der Waals surface area contributed by atoms with Gasteiger partial charge in [-0.25, -0.2) is 4.79 Å². The molecule has 1 aliphatic rings. The first kappa shape index (κ1) is 16.7. The minimum atomic E-state index is -0.440. The molecule has 0 unspecified atom stereocenters. The van der Waals surface area contributed by atoms with Crippen molar-refractivity contribution in [2.45, 2.75) is 19.9 Å². The molecule has 1 amide bonds. The van der Waals surface area contributed by atoms with Crippen LogP contribution in [0.4, 0.5) is 0 Å². The summed E-state index contributed by atoms with van der Waals surface area (Å²) in [6.45, 7) is 3.01. The van der Waals surface area contributed by atoms with Crippen LogP contribution in [0.15, 0.2) is 28.7 Å². The number of esters is 1. The predicted molar refractivity (Wildman–Crippen MR) is 91.8 cm³/mol. The Kier molecular flexibility index (Phi) is 4.71. The van der Waals surface area contributed by atoms with E-state index in [0.29, 0.717) is 37.4 Å². The summed E-state index contributed by atoms with van der Waals surface area (Å²) in [5, 5.41) is 4.29. The zero-order valence-electron chi connectivity index (χ0n) is 13.6. The summed E-state index contributed by atoms with van der Waals surface area (Å²) < 4.78 is 7.55. The third kappa shape index (κ3) is 2.96. The summed E-state index contributed by atoms with van der Waals surface area (Å²) in [6.07, 6.45) is 0.661. The number of rotatable bonds is 3. The van der Waals surface area contributed by atoms with Crippen molar-refractivity contribution in [1.29, 1.82) is 0 Å². The van der Waals surface area contributed by atoms with Crippen molar-refractivity contribution in [3.05, 3.63) is 51.3 Å².